The minimum Gasteiger partial charge on any atom is -0.382 e. The van der Waals surface area contributed by atoms with Crippen LogP contribution in [0.3, 0.4) is 0 Å². The molecule has 2 unspecified atom stereocenters. The van der Waals surface area contributed by atoms with Gasteiger partial charge >= 0.3 is 0 Å². The van der Waals surface area contributed by atoms with Gasteiger partial charge in [-0.15, -0.1) is 0 Å². The van der Waals surface area contributed by atoms with Gasteiger partial charge in [-0.05, 0) is 31.4 Å². The van der Waals surface area contributed by atoms with Crippen LogP contribution in [0.2, 0.25) is 0 Å². The van der Waals surface area contributed by atoms with E-state index in [4.69, 9.17) is 19.2 Å². The predicted octanol–water partition coefficient (Wildman–Crippen LogP) is 2.67. The van der Waals surface area contributed by atoms with E-state index < -0.39 is 0 Å². The van der Waals surface area contributed by atoms with Crippen LogP contribution in [0.1, 0.15) is 35.7 Å². The zero-order valence-electron chi connectivity index (χ0n) is 21.2. The zero-order chi connectivity index (χ0) is 25.5. The van der Waals surface area contributed by atoms with Gasteiger partial charge in [-0.2, -0.15) is 9.61 Å². The molecule has 0 aromatic carbocycles. The Labute approximate surface area is 214 Å². The molecule has 4 atom stereocenters. The predicted molar refractivity (Wildman–Crippen MR) is 138 cm³/mol. The fraction of sp³-hybridized carbons (Fsp3) is 0.462. The van der Waals surface area contributed by atoms with Crippen molar-refractivity contribution >= 4 is 28.4 Å². The number of ether oxygens (including phenoxy) is 3. The molecular formula is C26H31N7O4. The fourth-order valence-corrected chi connectivity index (χ4v) is 5.35. The monoisotopic (exact) mass is 505 g/mol. The van der Waals surface area contributed by atoms with Crippen LogP contribution < -0.4 is 10.6 Å². The summed E-state index contributed by atoms with van der Waals surface area (Å²) in [7, 11) is 5.19. The first-order valence-corrected chi connectivity index (χ1v) is 12.6. The van der Waals surface area contributed by atoms with Gasteiger partial charge in [0.05, 0.1) is 49.4 Å². The third-order valence-corrected chi connectivity index (χ3v) is 7.47. The summed E-state index contributed by atoms with van der Waals surface area (Å²) in [6.07, 6.45) is 8.25. The van der Waals surface area contributed by atoms with E-state index in [-0.39, 0.29) is 30.2 Å². The largest absolute Gasteiger partial charge is 0.382 e. The summed E-state index contributed by atoms with van der Waals surface area (Å²) in [5, 5.41) is 11.7. The molecule has 0 spiro atoms. The molecule has 4 aromatic rings. The minimum atomic E-state index is -0.204. The number of anilines is 1. The lowest BCUT2D eigenvalue weighted by molar-refractivity contribution is 0.00732. The van der Waals surface area contributed by atoms with Gasteiger partial charge in [0.1, 0.15) is 17.0 Å². The van der Waals surface area contributed by atoms with Crippen molar-refractivity contribution in [1.82, 2.24) is 29.5 Å². The first-order chi connectivity index (χ1) is 18.1. The van der Waals surface area contributed by atoms with Crippen molar-refractivity contribution in [3.8, 4) is 11.3 Å². The molecule has 0 radical (unpaired) electrons. The number of fused-ring (bicyclic) bond motifs is 2. The Balaban J connectivity index is 1.41. The second-order valence-electron chi connectivity index (χ2n) is 9.63. The average molecular weight is 506 g/mol. The van der Waals surface area contributed by atoms with Crippen molar-refractivity contribution in [3.05, 3.63) is 42.4 Å². The molecule has 1 saturated carbocycles. The van der Waals surface area contributed by atoms with Crippen LogP contribution in [0, 0.1) is 0 Å². The topological polar surface area (TPSA) is 117 Å². The van der Waals surface area contributed by atoms with Crippen LogP contribution >= 0.6 is 0 Å². The minimum absolute atomic E-state index is 0.000909. The standard InChI is InChI=1S/C26H31N7O4/c1-27-23-10-21(30-25-18(11-29-33(23)25)26(34)31-20-6-7-22(20)36-3)19-12-32(24-17(19)5-4-8-28-24)15-9-16(14-35-2)37-13-15/h4-5,8,10-12,15-16,20,22,27H,6-7,9,13-14H2,1-3H3,(H,31,34)/t15?,16?,20-,22-/m1/s1. The Bertz CT molecular complexity index is 1450. The third-order valence-electron chi connectivity index (χ3n) is 7.47. The van der Waals surface area contributed by atoms with E-state index in [1.807, 2.05) is 25.2 Å². The maximum Gasteiger partial charge on any atom is 0.257 e. The lowest BCUT2D eigenvalue weighted by Crippen LogP contribution is -2.51. The van der Waals surface area contributed by atoms with Crippen molar-refractivity contribution in [1.29, 1.82) is 0 Å². The van der Waals surface area contributed by atoms with Crippen molar-refractivity contribution in [3.63, 3.8) is 0 Å². The number of carbonyl (C=O) groups is 1. The molecular weight excluding hydrogens is 474 g/mol. The molecule has 1 aliphatic carbocycles. The summed E-state index contributed by atoms with van der Waals surface area (Å²) in [5.74, 6) is 0.524. The van der Waals surface area contributed by atoms with Crippen molar-refractivity contribution in [2.75, 3.05) is 39.8 Å². The molecule has 2 N–H and O–H groups in total. The first-order valence-electron chi connectivity index (χ1n) is 12.6. The maximum absolute atomic E-state index is 13.2. The highest BCUT2D eigenvalue weighted by atomic mass is 16.5. The van der Waals surface area contributed by atoms with Gasteiger partial charge in [0.15, 0.2) is 5.65 Å². The van der Waals surface area contributed by atoms with E-state index in [1.165, 1.54) is 0 Å². The van der Waals surface area contributed by atoms with E-state index in [9.17, 15) is 4.79 Å². The van der Waals surface area contributed by atoms with Crippen LogP contribution in [0.4, 0.5) is 5.82 Å². The molecule has 194 valence electrons. The van der Waals surface area contributed by atoms with E-state index in [1.54, 1.807) is 31.1 Å². The number of aromatic nitrogens is 5. The van der Waals surface area contributed by atoms with Crippen molar-refractivity contribution in [2.45, 2.75) is 43.6 Å². The Hall–Kier alpha value is -3.54. The highest BCUT2D eigenvalue weighted by Gasteiger charge is 2.33. The van der Waals surface area contributed by atoms with Crippen LogP contribution in [-0.4, -0.2) is 82.8 Å². The number of amides is 1. The molecule has 1 saturated heterocycles. The molecule has 1 aliphatic heterocycles. The van der Waals surface area contributed by atoms with Gasteiger partial charge in [0.2, 0.25) is 0 Å². The Morgan fingerprint density at radius 1 is 1.27 bits per heavy atom. The molecule has 1 amide bonds. The average Bonchev–Trinajstić information content (AvgIpc) is 3.63. The summed E-state index contributed by atoms with van der Waals surface area (Å²) in [5.41, 5.74) is 3.45. The first kappa shape index (κ1) is 23.8. The fourth-order valence-electron chi connectivity index (χ4n) is 5.35. The normalized spacial score (nSPS) is 23.4. The molecule has 2 aliphatic rings. The summed E-state index contributed by atoms with van der Waals surface area (Å²) in [6.45, 7) is 1.16. The van der Waals surface area contributed by atoms with Gasteiger partial charge in [0.25, 0.3) is 5.91 Å². The van der Waals surface area contributed by atoms with Crippen molar-refractivity contribution < 1.29 is 19.0 Å². The van der Waals surface area contributed by atoms with E-state index in [2.05, 4.69) is 31.5 Å². The summed E-state index contributed by atoms with van der Waals surface area (Å²) in [4.78, 5) is 22.8. The number of hydrogen-bond donors (Lipinski definition) is 2. The smallest absolute Gasteiger partial charge is 0.257 e. The number of carbonyl (C=O) groups excluding carboxylic acids is 1. The maximum atomic E-state index is 13.2. The van der Waals surface area contributed by atoms with Crippen LogP contribution in [0.15, 0.2) is 36.8 Å². The molecule has 6 rings (SSSR count). The lowest BCUT2D eigenvalue weighted by Gasteiger charge is -2.35. The molecule has 2 fully saturated rings. The van der Waals surface area contributed by atoms with Gasteiger partial charge in [-0.25, -0.2) is 9.97 Å². The molecule has 5 heterocycles. The Morgan fingerprint density at radius 2 is 2.16 bits per heavy atom. The molecule has 11 heteroatoms. The number of nitrogens with one attached hydrogen (secondary N) is 2. The van der Waals surface area contributed by atoms with Crippen LogP contribution in [0.25, 0.3) is 27.9 Å². The van der Waals surface area contributed by atoms with Gasteiger partial charge in [-0.3, -0.25) is 4.79 Å². The summed E-state index contributed by atoms with van der Waals surface area (Å²) in [6, 6.07) is 6.06. The lowest BCUT2D eigenvalue weighted by atomic mass is 9.89. The quantitative estimate of drug-likeness (QED) is 0.375. The number of hydrogen-bond acceptors (Lipinski definition) is 8. The number of methoxy groups -OCH3 is 2. The molecule has 37 heavy (non-hydrogen) atoms. The summed E-state index contributed by atoms with van der Waals surface area (Å²) >= 11 is 0. The third kappa shape index (κ3) is 4.12. The number of nitrogens with zero attached hydrogens (tertiary/aromatic N) is 5. The van der Waals surface area contributed by atoms with Crippen LogP contribution in [0.5, 0.6) is 0 Å². The molecule has 11 nitrogen and oxygen atoms in total. The van der Waals surface area contributed by atoms with Gasteiger partial charge < -0.3 is 29.4 Å². The molecule has 0 bridgehead atoms. The Morgan fingerprint density at radius 3 is 2.92 bits per heavy atom. The zero-order valence-corrected chi connectivity index (χ0v) is 21.2. The van der Waals surface area contributed by atoms with E-state index in [0.29, 0.717) is 24.4 Å². The number of rotatable bonds is 8. The highest BCUT2D eigenvalue weighted by molar-refractivity contribution is 6.01. The number of pyridine rings is 1. The second-order valence-corrected chi connectivity index (χ2v) is 9.63. The van der Waals surface area contributed by atoms with Crippen LogP contribution in [-0.2, 0) is 14.2 Å². The second kappa shape index (κ2) is 9.73. The van der Waals surface area contributed by atoms with Gasteiger partial charge in [0, 0.05) is 50.7 Å². The van der Waals surface area contributed by atoms with Crippen molar-refractivity contribution in [2.24, 2.45) is 0 Å². The van der Waals surface area contributed by atoms with Gasteiger partial charge in [-0.1, -0.05) is 0 Å². The van der Waals surface area contributed by atoms with E-state index in [0.717, 1.165) is 47.4 Å². The highest BCUT2D eigenvalue weighted by Crippen LogP contribution is 2.35. The molecule has 4 aromatic heterocycles. The SMILES string of the molecule is CNc1cc(-c2cn(C3COC(COC)C3)c3ncccc23)nc2c(C(=O)N[C@@H]3CC[C@H]3OC)cnn12. The Kier molecular flexibility index (Phi) is 6.27. The van der Waals surface area contributed by atoms with E-state index >= 15 is 0 Å². The summed E-state index contributed by atoms with van der Waals surface area (Å²) < 4.78 is 20.5.